The zero-order valence-electron chi connectivity index (χ0n) is 19.0. The van der Waals surface area contributed by atoms with E-state index in [0.29, 0.717) is 25.1 Å². The lowest BCUT2D eigenvalue weighted by atomic mass is 10.1. The number of aliphatic carboxylic acids is 1. The number of nitrogens with two attached hydrogens (primary N) is 3. The van der Waals surface area contributed by atoms with Crippen molar-refractivity contribution in [3.63, 3.8) is 0 Å². The fourth-order valence-electron chi connectivity index (χ4n) is 2.55. The number of para-hydroxylation sites is 2. The van der Waals surface area contributed by atoms with E-state index in [1.165, 1.54) is 0 Å². The van der Waals surface area contributed by atoms with Crippen LogP contribution in [0, 0.1) is 0 Å². The van der Waals surface area contributed by atoms with Crippen LogP contribution in [-0.4, -0.2) is 35.1 Å². The minimum atomic E-state index is -0.933. The molecule has 0 heterocycles. The van der Waals surface area contributed by atoms with Crippen LogP contribution in [0.2, 0.25) is 0 Å². The fourth-order valence-corrected chi connectivity index (χ4v) is 2.55. The summed E-state index contributed by atoms with van der Waals surface area (Å²) in [5.74, 6) is 0.861. The fraction of sp³-hybridized carbons (Fsp3) is 0.231. The number of phenols is 1. The molecular formula is C26H33N3O5. The molecule has 3 rings (SSSR count). The van der Waals surface area contributed by atoms with Gasteiger partial charge in [0.05, 0.1) is 0 Å². The maximum Gasteiger partial charge on any atom is 0.320 e. The predicted octanol–water partition coefficient (Wildman–Crippen LogP) is 3.67. The minimum Gasteiger partial charge on any atom is -0.508 e. The van der Waals surface area contributed by atoms with E-state index >= 15 is 0 Å². The number of ether oxygens (including phenoxy) is 1. The summed E-state index contributed by atoms with van der Waals surface area (Å²) in [4.78, 5) is 20.6. The smallest absolute Gasteiger partial charge is 0.320 e. The van der Waals surface area contributed by atoms with E-state index in [2.05, 4.69) is 0 Å². The van der Waals surface area contributed by atoms with E-state index in [9.17, 15) is 9.59 Å². The molecule has 0 fully saturated rings. The van der Waals surface area contributed by atoms with E-state index in [1.807, 2.05) is 36.4 Å². The summed E-state index contributed by atoms with van der Waals surface area (Å²) in [6, 6.07) is 22.9. The van der Waals surface area contributed by atoms with Crippen LogP contribution in [0.5, 0.6) is 17.2 Å². The molecule has 0 amide bonds. The number of hydrogen-bond acceptors (Lipinski definition) is 7. The predicted molar refractivity (Wildman–Crippen MR) is 133 cm³/mol. The number of benzene rings is 3. The lowest BCUT2D eigenvalue weighted by molar-refractivity contribution is -0.138. The molecule has 8 N–H and O–H groups in total. The molecule has 0 aliphatic rings. The third-order valence-electron chi connectivity index (χ3n) is 4.49. The molecule has 0 spiro atoms. The van der Waals surface area contributed by atoms with Crippen LogP contribution in [0.15, 0.2) is 78.9 Å². The number of phenolic OH excluding ortho intramolecular Hbond substituents is 1. The molecule has 182 valence electrons. The van der Waals surface area contributed by atoms with Gasteiger partial charge in [-0.15, -0.1) is 0 Å². The zero-order chi connectivity index (χ0) is 25.2. The number of carbonyl (C=O) groups is 2. The third-order valence-corrected chi connectivity index (χ3v) is 4.49. The summed E-state index contributed by atoms with van der Waals surface area (Å²) in [6.45, 7) is 0.999. The van der Waals surface area contributed by atoms with Crippen LogP contribution >= 0.6 is 0 Å². The number of aldehydes is 1. The second-order valence-electron chi connectivity index (χ2n) is 7.16. The number of aromatic hydroxyl groups is 1. The summed E-state index contributed by atoms with van der Waals surface area (Å²) < 4.78 is 5.56. The molecule has 0 unspecified atom stereocenters. The number of unbranched alkanes of at least 4 members (excludes halogenated alkanes) is 1. The highest BCUT2D eigenvalue weighted by Crippen LogP contribution is 2.20. The van der Waals surface area contributed by atoms with Crippen LogP contribution in [0.4, 0.5) is 0 Å². The lowest BCUT2D eigenvalue weighted by Gasteiger charge is -2.04. The van der Waals surface area contributed by atoms with Gasteiger partial charge >= 0.3 is 5.97 Å². The van der Waals surface area contributed by atoms with E-state index < -0.39 is 12.0 Å². The van der Waals surface area contributed by atoms with E-state index in [0.717, 1.165) is 36.2 Å². The van der Waals surface area contributed by atoms with Crippen molar-refractivity contribution >= 4 is 12.3 Å². The van der Waals surface area contributed by atoms with Gasteiger partial charge in [0, 0.05) is 17.7 Å². The summed E-state index contributed by atoms with van der Waals surface area (Å²) in [5.41, 5.74) is 17.1. The van der Waals surface area contributed by atoms with Gasteiger partial charge < -0.3 is 32.2 Å². The molecular weight excluding hydrogens is 434 g/mol. The highest BCUT2D eigenvalue weighted by atomic mass is 16.5. The first kappa shape index (κ1) is 28.3. The molecule has 0 radical (unpaired) electrons. The van der Waals surface area contributed by atoms with Gasteiger partial charge in [-0.05, 0) is 61.9 Å². The molecule has 0 aromatic heterocycles. The third kappa shape index (κ3) is 11.8. The van der Waals surface area contributed by atoms with Crippen molar-refractivity contribution in [2.45, 2.75) is 31.8 Å². The van der Waals surface area contributed by atoms with Crippen LogP contribution in [0.1, 0.15) is 35.2 Å². The first-order chi connectivity index (χ1) is 16.4. The lowest BCUT2D eigenvalue weighted by Crippen LogP contribution is -2.29. The van der Waals surface area contributed by atoms with Crippen molar-refractivity contribution in [1.29, 1.82) is 0 Å². The quantitative estimate of drug-likeness (QED) is 0.235. The molecule has 8 nitrogen and oxygen atoms in total. The van der Waals surface area contributed by atoms with Crippen molar-refractivity contribution in [3.05, 3.63) is 90.0 Å². The Bertz CT molecular complexity index is 966. The molecule has 8 heteroatoms. The monoisotopic (exact) mass is 467 g/mol. The number of hydrogen-bond donors (Lipinski definition) is 5. The van der Waals surface area contributed by atoms with Gasteiger partial charge in [0.25, 0.3) is 0 Å². The second kappa shape index (κ2) is 16.8. The molecule has 0 saturated heterocycles. The van der Waals surface area contributed by atoms with Gasteiger partial charge in [0.1, 0.15) is 29.6 Å². The van der Waals surface area contributed by atoms with Gasteiger partial charge in [-0.2, -0.15) is 0 Å². The van der Waals surface area contributed by atoms with Gasteiger partial charge in [-0.1, -0.05) is 42.8 Å². The maximum absolute atomic E-state index is 10.4. The van der Waals surface area contributed by atoms with Crippen LogP contribution in [0.25, 0.3) is 0 Å². The van der Waals surface area contributed by atoms with Gasteiger partial charge in [-0.3, -0.25) is 9.59 Å². The number of carboxylic acid groups (broad SMARTS) is 1. The highest BCUT2D eigenvalue weighted by Gasteiger charge is 2.09. The summed E-state index contributed by atoms with van der Waals surface area (Å²) in [5, 5.41) is 17.4. The van der Waals surface area contributed by atoms with Crippen molar-refractivity contribution in [2.75, 3.05) is 6.54 Å². The van der Waals surface area contributed by atoms with Gasteiger partial charge in [-0.25, -0.2) is 0 Å². The average Bonchev–Trinajstić information content (AvgIpc) is 2.86. The summed E-state index contributed by atoms with van der Waals surface area (Å²) >= 11 is 0. The van der Waals surface area contributed by atoms with Gasteiger partial charge in [0.15, 0.2) is 0 Å². The topological polar surface area (TPSA) is 162 Å². The first-order valence-corrected chi connectivity index (χ1v) is 10.8. The van der Waals surface area contributed by atoms with Crippen molar-refractivity contribution < 1.29 is 24.5 Å². The zero-order valence-corrected chi connectivity index (χ0v) is 19.0. The Balaban J connectivity index is 0.000000268. The SMILES string of the molecule is NCCCC[C@H](N)C(=O)O.NCc1ccccc1O.O=Cc1ccc(Oc2ccccc2)cc1. The van der Waals surface area contributed by atoms with E-state index in [1.54, 1.807) is 42.5 Å². The highest BCUT2D eigenvalue weighted by molar-refractivity contribution is 5.74. The van der Waals surface area contributed by atoms with Crippen molar-refractivity contribution in [1.82, 2.24) is 0 Å². The Morgan fingerprint density at radius 2 is 1.47 bits per heavy atom. The van der Waals surface area contributed by atoms with Crippen molar-refractivity contribution in [2.24, 2.45) is 17.2 Å². The Kier molecular flexibility index (Phi) is 14.0. The second-order valence-corrected chi connectivity index (χ2v) is 7.16. The molecule has 0 bridgehead atoms. The molecule has 3 aromatic carbocycles. The van der Waals surface area contributed by atoms with Crippen LogP contribution < -0.4 is 21.9 Å². The standard InChI is InChI=1S/C13H10O2.C7H9NO.C6H14N2O2/c14-10-11-6-8-13(9-7-11)15-12-4-2-1-3-5-12;8-5-6-3-1-2-4-7(6)9;7-4-2-1-3-5(8)6(9)10/h1-10H;1-4,9H,5,8H2;5H,1-4,7-8H2,(H,9,10)/t;;5-/m..0/s1. The summed E-state index contributed by atoms with van der Waals surface area (Å²) in [7, 11) is 0. The molecule has 1 atom stereocenters. The Morgan fingerprint density at radius 3 is 1.97 bits per heavy atom. The normalized spacial score (nSPS) is 10.6. The summed E-state index contributed by atoms with van der Waals surface area (Å²) in [6.07, 6.45) is 2.98. The Hall–Kier alpha value is -3.72. The first-order valence-electron chi connectivity index (χ1n) is 10.8. The molecule has 0 aliphatic carbocycles. The van der Waals surface area contributed by atoms with E-state index in [4.69, 9.17) is 32.2 Å². The van der Waals surface area contributed by atoms with Crippen LogP contribution in [0.3, 0.4) is 0 Å². The van der Waals surface area contributed by atoms with Gasteiger partial charge in [0.2, 0.25) is 0 Å². The maximum atomic E-state index is 10.4. The Labute approximate surface area is 200 Å². The largest absolute Gasteiger partial charge is 0.508 e. The molecule has 3 aromatic rings. The number of carbonyl (C=O) groups excluding carboxylic acids is 1. The molecule has 0 aliphatic heterocycles. The molecule has 0 saturated carbocycles. The van der Waals surface area contributed by atoms with E-state index in [-0.39, 0.29) is 5.75 Å². The average molecular weight is 468 g/mol. The molecule has 34 heavy (non-hydrogen) atoms. The number of carboxylic acids is 1. The van der Waals surface area contributed by atoms with Crippen molar-refractivity contribution in [3.8, 4) is 17.2 Å². The Morgan fingerprint density at radius 1 is 0.882 bits per heavy atom. The number of rotatable bonds is 9. The minimum absolute atomic E-state index is 0.278. The van der Waals surface area contributed by atoms with Crippen LogP contribution in [-0.2, 0) is 11.3 Å².